The molecule has 0 aromatic carbocycles. The number of nitrogens with zero attached hydrogens (tertiary/aromatic N) is 1. The van der Waals surface area contributed by atoms with Crippen molar-refractivity contribution in [2.24, 2.45) is 0 Å². The molecule has 3 heteroatoms. The van der Waals surface area contributed by atoms with Crippen LogP contribution in [-0.4, -0.2) is 12.2 Å². The van der Waals surface area contributed by atoms with Gasteiger partial charge < -0.3 is 5.11 Å². The molecule has 0 radical (unpaired) electrons. The van der Waals surface area contributed by atoms with Gasteiger partial charge in [-0.1, -0.05) is 0 Å². The zero-order valence-electron chi connectivity index (χ0n) is 5.11. The molecule has 1 aromatic rings. The first-order valence-electron chi connectivity index (χ1n) is 2.58. The Morgan fingerprint density at radius 2 is 2.33 bits per heavy atom. The predicted molar refractivity (Wildman–Crippen MR) is 30.8 cm³/mol. The zero-order chi connectivity index (χ0) is 6.69. The molecule has 0 aliphatic rings. The quantitative estimate of drug-likeness (QED) is 0.526. The van der Waals surface area contributed by atoms with Crippen molar-refractivity contribution in [3.05, 3.63) is 24.4 Å². The Bertz CT molecular complexity index is 200. The molecule has 0 fully saturated rings. The van der Waals surface area contributed by atoms with Crippen LogP contribution in [0.1, 0.15) is 0 Å². The number of pyridine rings is 1. The van der Waals surface area contributed by atoms with Crippen molar-refractivity contribution in [3.8, 4) is 5.88 Å². The van der Waals surface area contributed by atoms with E-state index in [0.29, 0.717) is 0 Å². The second-order valence-electron chi connectivity index (χ2n) is 1.57. The fraction of sp³-hybridized carbons (Fsp3) is 0.167. The van der Waals surface area contributed by atoms with E-state index in [0.717, 1.165) is 0 Å². The van der Waals surface area contributed by atoms with E-state index in [1.807, 2.05) is 0 Å². The molecule has 0 amide bonds. The first kappa shape index (κ1) is 5.88. The minimum absolute atomic E-state index is 0.0972. The van der Waals surface area contributed by atoms with Gasteiger partial charge in [0.15, 0.2) is 0 Å². The van der Waals surface area contributed by atoms with Crippen LogP contribution in [0.4, 0.5) is 0 Å². The molecule has 0 saturated heterocycles. The number of hydrogen-bond donors (Lipinski definition) is 1. The van der Waals surface area contributed by atoms with E-state index >= 15 is 0 Å². The van der Waals surface area contributed by atoms with E-state index in [2.05, 4.69) is 0 Å². The van der Waals surface area contributed by atoms with Gasteiger partial charge in [-0.05, 0) is 6.07 Å². The Morgan fingerprint density at radius 1 is 1.56 bits per heavy atom. The third-order valence-electron chi connectivity index (χ3n) is 1.00. The van der Waals surface area contributed by atoms with E-state index in [1.54, 1.807) is 24.4 Å². The summed E-state index contributed by atoms with van der Waals surface area (Å²) in [7, 11) is 1.49. The highest BCUT2D eigenvalue weighted by molar-refractivity contribution is 4.99. The minimum atomic E-state index is 0.0972. The summed E-state index contributed by atoms with van der Waals surface area (Å²) >= 11 is 0. The van der Waals surface area contributed by atoms with E-state index in [1.165, 1.54) is 11.8 Å². The van der Waals surface area contributed by atoms with Crippen LogP contribution in [0.5, 0.6) is 5.88 Å². The average Bonchev–Trinajstić information content (AvgIpc) is 1.89. The number of aromatic nitrogens is 1. The molecule has 1 heterocycles. The molecular formula is C6H8NO2+. The molecule has 0 aliphatic carbocycles. The Labute approximate surface area is 53.1 Å². The lowest BCUT2D eigenvalue weighted by atomic mass is 10.5. The lowest BCUT2D eigenvalue weighted by Gasteiger charge is -1.89. The summed E-state index contributed by atoms with van der Waals surface area (Å²) in [4.78, 5) is 4.71. The van der Waals surface area contributed by atoms with Gasteiger partial charge in [-0.2, -0.15) is 0 Å². The maximum absolute atomic E-state index is 8.95. The van der Waals surface area contributed by atoms with Gasteiger partial charge in [-0.25, -0.2) is 0 Å². The number of aromatic hydroxyl groups is 1. The lowest BCUT2D eigenvalue weighted by molar-refractivity contribution is -0.887. The maximum atomic E-state index is 8.95. The Kier molecular flexibility index (Phi) is 1.53. The molecule has 0 unspecified atom stereocenters. The Balaban J connectivity index is 3.01. The van der Waals surface area contributed by atoms with Gasteiger partial charge in [0.1, 0.15) is 7.11 Å². The molecule has 1 rings (SSSR count). The van der Waals surface area contributed by atoms with Crippen molar-refractivity contribution in [1.29, 1.82) is 0 Å². The average molecular weight is 126 g/mol. The molecule has 3 nitrogen and oxygen atoms in total. The summed E-state index contributed by atoms with van der Waals surface area (Å²) in [6, 6.07) is 5.04. The van der Waals surface area contributed by atoms with Crippen LogP contribution < -0.4 is 9.57 Å². The number of hydrogen-bond acceptors (Lipinski definition) is 2. The molecule has 48 valence electrons. The van der Waals surface area contributed by atoms with Gasteiger partial charge >= 0.3 is 5.88 Å². The molecule has 1 aromatic heterocycles. The molecule has 0 atom stereocenters. The summed E-state index contributed by atoms with van der Waals surface area (Å²) < 4.78 is 1.26. The maximum Gasteiger partial charge on any atom is 0.414 e. The van der Waals surface area contributed by atoms with Crippen LogP contribution >= 0.6 is 0 Å². The van der Waals surface area contributed by atoms with Gasteiger partial charge in [0.2, 0.25) is 6.20 Å². The second kappa shape index (κ2) is 2.35. The molecular weight excluding hydrogens is 118 g/mol. The van der Waals surface area contributed by atoms with Crippen molar-refractivity contribution in [2.75, 3.05) is 7.11 Å². The van der Waals surface area contributed by atoms with Crippen molar-refractivity contribution in [2.45, 2.75) is 0 Å². The number of rotatable bonds is 1. The normalized spacial score (nSPS) is 9.00. The molecule has 0 bridgehead atoms. The van der Waals surface area contributed by atoms with Crippen LogP contribution in [0.3, 0.4) is 0 Å². The van der Waals surface area contributed by atoms with Crippen molar-refractivity contribution in [3.63, 3.8) is 0 Å². The van der Waals surface area contributed by atoms with Crippen LogP contribution in [-0.2, 0) is 0 Å². The summed E-state index contributed by atoms with van der Waals surface area (Å²) in [6.45, 7) is 0. The Morgan fingerprint density at radius 3 is 2.78 bits per heavy atom. The van der Waals surface area contributed by atoms with Gasteiger partial charge in [-0.15, -0.1) is 0 Å². The predicted octanol–water partition coefficient (Wildman–Crippen LogP) is -0.262. The van der Waals surface area contributed by atoms with Crippen LogP contribution in [0.15, 0.2) is 24.4 Å². The highest BCUT2D eigenvalue weighted by Crippen LogP contribution is 1.94. The van der Waals surface area contributed by atoms with Gasteiger partial charge in [0, 0.05) is 10.8 Å². The SMILES string of the molecule is CO[n+]1ccccc1O. The second-order valence-corrected chi connectivity index (χ2v) is 1.57. The molecule has 0 aliphatic heterocycles. The molecule has 0 spiro atoms. The van der Waals surface area contributed by atoms with Crippen molar-refractivity contribution >= 4 is 0 Å². The lowest BCUT2D eigenvalue weighted by Crippen LogP contribution is -2.39. The fourth-order valence-corrected chi connectivity index (χ4v) is 0.574. The van der Waals surface area contributed by atoms with Crippen LogP contribution in [0, 0.1) is 0 Å². The third-order valence-corrected chi connectivity index (χ3v) is 1.00. The van der Waals surface area contributed by atoms with Gasteiger partial charge in [0.25, 0.3) is 0 Å². The first-order chi connectivity index (χ1) is 4.34. The highest BCUT2D eigenvalue weighted by Gasteiger charge is 2.03. The monoisotopic (exact) mass is 126 g/mol. The zero-order valence-corrected chi connectivity index (χ0v) is 5.11. The largest absolute Gasteiger partial charge is 0.457 e. The Hall–Kier alpha value is -1.25. The molecule has 1 N–H and O–H groups in total. The van der Waals surface area contributed by atoms with Crippen molar-refractivity contribution < 1.29 is 14.7 Å². The molecule has 0 saturated carbocycles. The summed E-state index contributed by atoms with van der Waals surface area (Å²) in [5, 5.41) is 8.95. The fourth-order valence-electron chi connectivity index (χ4n) is 0.574. The van der Waals surface area contributed by atoms with Gasteiger partial charge in [-0.3, -0.25) is 4.84 Å². The third kappa shape index (κ3) is 1.10. The standard InChI is InChI=1S/C6H7NO2/c1-9-7-5-3-2-4-6(7)8/h2-5H,1H3/p+1. The smallest absolute Gasteiger partial charge is 0.414 e. The molecule has 9 heavy (non-hydrogen) atoms. The topological polar surface area (TPSA) is 33.3 Å². The van der Waals surface area contributed by atoms with E-state index in [9.17, 15) is 0 Å². The highest BCUT2D eigenvalue weighted by atomic mass is 16.7. The summed E-state index contributed by atoms with van der Waals surface area (Å²) in [5.41, 5.74) is 0. The first-order valence-corrected chi connectivity index (χ1v) is 2.58. The van der Waals surface area contributed by atoms with Crippen LogP contribution in [0.2, 0.25) is 0 Å². The van der Waals surface area contributed by atoms with Gasteiger partial charge in [0.05, 0.1) is 6.07 Å². The van der Waals surface area contributed by atoms with Crippen molar-refractivity contribution in [1.82, 2.24) is 0 Å². The minimum Gasteiger partial charge on any atom is -0.457 e. The van der Waals surface area contributed by atoms with E-state index in [-0.39, 0.29) is 5.88 Å². The van der Waals surface area contributed by atoms with Crippen LogP contribution in [0.25, 0.3) is 0 Å². The van der Waals surface area contributed by atoms with E-state index < -0.39 is 0 Å². The summed E-state index contributed by atoms with van der Waals surface area (Å²) in [6.07, 6.45) is 1.62. The summed E-state index contributed by atoms with van der Waals surface area (Å²) in [5.74, 6) is 0.0972. The van der Waals surface area contributed by atoms with E-state index in [4.69, 9.17) is 9.94 Å².